The summed E-state index contributed by atoms with van der Waals surface area (Å²) in [5, 5.41) is 0. The number of ether oxygens (including phenoxy) is 1. The number of unbranched alkanes of at least 4 members (excludes halogenated alkanes) is 3. The number of carbonyl (C=O) groups excluding carboxylic acids is 1. The van der Waals surface area contributed by atoms with Crippen molar-refractivity contribution in [3.8, 4) is 5.75 Å². The molecule has 146 valence electrons. The van der Waals surface area contributed by atoms with Crippen LogP contribution in [0, 0.1) is 10.8 Å². The summed E-state index contributed by atoms with van der Waals surface area (Å²) in [6, 6.07) is 9.43. The van der Waals surface area contributed by atoms with Crippen molar-refractivity contribution in [2.75, 3.05) is 13.1 Å². The lowest BCUT2D eigenvalue weighted by Crippen LogP contribution is -2.45. The van der Waals surface area contributed by atoms with Crippen molar-refractivity contribution in [2.45, 2.75) is 79.1 Å². The van der Waals surface area contributed by atoms with E-state index in [2.05, 4.69) is 27.7 Å². The Morgan fingerprint density at radius 1 is 1.08 bits per heavy atom. The van der Waals surface area contributed by atoms with Crippen LogP contribution in [0.2, 0.25) is 0 Å². The van der Waals surface area contributed by atoms with Crippen LogP contribution >= 0.6 is 0 Å². The Morgan fingerprint density at radius 2 is 1.81 bits per heavy atom. The molecule has 0 aliphatic heterocycles. The molecule has 0 saturated heterocycles. The molecule has 0 radical (unpaired) electrons. The Morgan fingerprint density at radius 3 is 2.46 bits per heavy atom. The maximum atomic E-state index is 12.9. The predicted octanol–water partition coefficient (Wildman–Crippen LogP) is 6.67. The maximum Gasteiger partial charge on any atom is 0.415 e. The smallest absolute Gasteiger partial charge is 0.410 e. The molecule has 0 heterocycles. The molecule has 1 saturated carbocycles. The predicted molar refractivity (Wildman–Crippen MR) is 109 cm³/mol. The standard InChI is InChI=1S/C23H37NO2/c1-5-6-7-11-17-24(21(25)26-20-13-9-8-10-14-20)19-23(4)16-12-15-22(2,3)18-23/h8-10,13-14H,5-7,11-12,15-19H2,1-4H3. The van der Waals surface area contributed by atoms with E-state index >= 15 is 0 Å². The van der Waals surface area contributed by atoms with Crippen molar-refractivity contribution in [3.63, 3.8) is 0 Å². The highest BCUT2D eigenvalue weighted by atomic mass is 16.6. The molecule has 1 aromatic carbocycles. The van der Waals surface area contributed by atoms with Crippen LogP contribution in [0.15, 0.2) is 30.3 Å². The van der Waals surface area contributed by atoms with Gasteiger partial charge in [0.05, 0.1) is 0 Å². The van der Waals surface area contributed by atoms with Gasteiger partial charge in [0, 0.05) is 13.1 Å². The highest BCUT2D eigenvalue weighted by molar-refractivity contribution is 5.70. The van der Waals surface area contributed by atoms with Crippen LogP contribution in [0.1, 0.15) is 79.1 Å². The number of benzene rings is 1. The van der Waals surface area contributed by atoms with Crippen molar-refractivity contribution >= 4 is 6.09 Å². The lowest BCUT2D eigenvalue weighted by Gasteiger charge is -2.45. The van der Waals surface area contributed by atoms with E-state index in [4.69, 9.17) is 4.74 Å². The van der Waals surface area contributed by atoms with Crippen LogP contribution < -0.4 is 4.74 Å². The molecule has 1 aliphatic rings. The van der Waals surface area contributed by atoms with E-state index in [0.29, 0.717) is 11.2 Å². The van der Waals surface area contributed by atoms with Gasteiger partial charge in [0.25, 0.3) is 0 Å². The van der Waals surface area contributed by atoms with Gasteiger partial charge in [-0.25, -0.2) is 4.79 Å². The minimum absolute atomic E-state index is 0.183. The van der Waals surface area contributed by atoms with Gasteiger partial charge in [0.1, 0.15) is 5.75 Å². The first-order chi connectivity index (χ1) is 12.3. The molecule has 3 nitrogen and oxygen atoms in total. The zero-order valence-electron chi connectivity index (χ0n) is 17.2. The van der Waals surface area contributed by atoms with Gasteiger partial charge in [-0.1, -0.05) is 71.6 Å². The first kappa shape index (κ1) is 20.8. The molecular weight excluding hydrogens is 322 g/mol. The van der Waals surface area contributed by atoms with Gasteiger partial charge in [-0.3, -0.25) is 0 Å². The van der Waals surface area contributed by atoms with E-state index in [1.54, 1.807) is 0 Å². The molecule has 1 aromatic rings. The van der Waals surface area contributed by atoms with Crippen LogP contribution in [0.3, 0.4) is 0 Å². The number of carbonyl (C=O) groups is 1. The molecule has 1 aliphatic carbocycles. The third-order valence-corrected chi connectivity index (χ3v) is 5.60. The fraction of sp³-hybridized carbons (Fsp3) is 0.696. The van der Waals surface area contributed by atoms with Gasteiger partial charge in [0.2, 0.25) is 0 Å². The second-order valence-electron chi connectivity index (χ2n) is 9.17. The largest absolute Gasteiger partial charge is 0.415 e. The van der Waals surface area contributed by atoms with Crippen LogP contribution in [-0.4, -0.2) is 24.1 Å². The van der Waals surface area contributed by atoms with Gasteiger partial charge in [0.15, 0.2) is 0 Å². The van der Waals surface area contributed by atoms with Crippen LogP contribution in [-0.2, 0) is 0 Å². The second-order valence-corrected chi connectivity index (χ2v) is 9.17. The Labute approximate surface area is 160 Å². The maximum absolute atomic E-state index is 12.9. The van der Waals surface area contributed by atoms with Gasteiger partial charge in [-0.05, 0) is 48.6 Å². The Hall–Kier alpha value is -1.51. The summed E-state index contributed by atoms with van der Waals surface area (Å²) < 4.78 is 5.66. The number of hydrogen-bond acceptors (Lipinski definition) is 2. The van der Waals surface area contributed by atoms with E-state index in [1.165, 1.54) is 44.9 Å². The summed E-state index contributed by atoms with van der Waals surface area (Å²) >= 11 is 0. The van der Waals surface area contributed by atoms with Crippen LogP contribution in [0.25, 0.3) is 0 Å². The van der Waals surface area contributed by atoms with E-state index in [9.17, 15) is 4.79 Å². The fourth-order valence-corrected chi connectivity index (χ4v) is 4.54. The molecular formula is C23H37NO2. The SMILES string of the molecule is CCCCCCN(CC1(C)CCCC(C)(C)C1)C(=O)Oc1ccccc1. The van der Waals surface area contributed by atoms with Crippen LogP contribution in [0.4, 0.5) is 4.79 Å². The highest BCUT2D eigenvalue weighted by Gasteiger charge is 2.38. The third-order valence-electron chi connectivity index (χ3n) is 5.60. The van der Waals surface area contributed by atoms with E-state index in [-0.39, 0.29) is 11.5 Å². The summed E-state index contributed by atoms with van der Waals surface area (Å²) in [6.45, 7) is 10.9. The average molecular weight is 360 g/mol. The molecule has 0 aromatic heterocycles. The molecule has 2 rings (SSSR count). The van der Waals surface area contributed by atoms with Crippen molar-refractivity contribution < 1.29 is 9.53 Å². The molecule has 1 amide bonds. The van der Waals surface area contributed by atoms with Gasteiger partial charge < -0.3 is 9.64 Å². The normalized spacial score (nSPS) is 22.0. The van der Waals surface area contributed by atoms with Gasteiger partial charge in [-0.15, -0.1) is 0 Å². The topological polar surface area (TPSA) is 29.5 Å². The first-order valence-corrected chi connectivity index (χ1v) is 10.4. The first-order valence-electron chi connectivity index (χ1n) is 10.4. The average Bonchev–Trinajstić information content (AvgIpc) is 2.57. The van der Waals surface area contributed by atoms with Crippen LogP contribution in [0.5, 0.6) is 5.75 Å². The van der Waals surface area contributed by atoms with Crippen molar-refractivity contribution in [1.29, 1.82) is 0 Å². The number of amides is 1. The Balaban J connectivity index is 2.03. The minimum Gasteiger partial charge on any atom is -0.410 e. The minimum atomic E-state index is -0.197. The van der Waals surface area contributed by atoms with E-state index < -0.39 is 0 Å². The van der Waals surface area contributed by atoms with Gasteiger partial charge >= 0.3 is 6.09 Å². The Kier molecular flexibility index (Phi) is 7.55. The summed E-state index contributed by atoms with van der Waals surface area (Å²) in [6.07, 6.45) is 9.37. The molecule has 1 unspecified atom stereocenters. The van der Waals surface area contributed by atoms with Crippen molar-refractivity contribution in [1.82, 2.24) is 4.90 Å². The number of nitrogens with zero attached hydrogens (tertiary/aromatic N) is 1. The summed E-state index contributed by atoms with van der Waals surface area (Å²) in [5.74, 6) is 0.630. The van der Waals surface area contributed by atoms with Crippen molar-refractivity contribution in [2.24, 2.45) is 10.8 Å². The molecule has 0 spiro atoms. The quantitative estimate of drug-likeness (QED) is 0.485. The molecule has 0 N–H and O–H groups in total. The van der Waals surface area contributed by atoms with E-state index in [0.717, 1.165) is 19.5 Å². The number of hydrogen-bond donors (Lipinski definition) is 0. The second kappa shape index (κ2) is 9.43. The lowest BCUT2D eigenvalue weighted by molar-refractivity contribution is 0.0569. The zero-order chi connectivity index (χ0) is 19.0. The van der Waals surface area contributed by atoms with Crippen molar-refractivity contribution in [3.05, 3.63) is 30.3 Å². The number of rotatable bonds is 8. The molecule has 3 heteroatoms. The summed E-state index contributed by atoms with van der Waals surface area (Å²) in [4.78, 5) is 14.8. The Bertz CT molecular complexity index is 555. The molecule has 0 bridgehead atoms. The summed E-state index contributed by atoms with van der Waals surface area (Å²) in [7, 11) is 0. The zero-order valence-corrected chi connectivity index (χ0v) is 17.2. The monoisotopic (exact) mass is 359 g/mol. The van der Waals surface area contributed by atoms with Gasteiger partial charge in [-0.2, -0.15) is 0 Å². The fourth-order valence-electron chi connectivity index (χ4n) is 4.54. The molecule has 26 heavy (non-hydrogen) atoms. The molecule has 1 fully saturated rings. The number of para-hydroxylation sites is 1. The highest BCUT2D eigenvalue weighted by Crippen LogP contribution is 2.46. The molecule has 1 atom stereocenters. The lowest BCUT2D eigenvalue weighted by atomic mass is 9.64. The van der Waals surface area contributed by atoms with E-state index in [1.807, 2.05) is 35.2 Å². The summed E-state index contributed by atoms with van der Waals surface area (Å²) in [5.41, 5.74) is 0.548. The third kappa shape index (κ3) is 6.66.